The summed E-state index contributed by atoms with van der Waals surface area (Å²) in [6, 6.07) is 0. The predicted molar refractivity (Wildman–Crippen MR) is 89.1 cm³/mol. The summed E-state index contributed by atoms with van der Waals surface area (Å²) < 4.78 is 5.64. The quantitative estimate of drug-likeness (QED) is 0.543. The Hall–Kier alpha value is -1.86. The molecule has 1 rings (SSSR count). The predicted octanol–water partition coefficient (Wildman–Crippen LogP) is 1.84. The second kappa shape index (κ2) is 9.44. The minimum absolute atomic E-state index is 0.0576. The van der Waals surface area contributed by atoms with E-state index < -0.39 is 6.23 Å². The van der Waals surface area contributed by atoms with Crippen LogP contribution in [0.1, 0.15) is 47.5 Å². The second-order valence-electron chi connectivity index (χ2n) is 6.31. The largest absolute Gasteiger partial charge is 0.394 e. The number of rotatable bonds is 7. The summed E-state index contributed by atoms with van der Waals surface area (Å²) in [6.45, 7) is 8.61. The summed E-state index contributed by atoms with van der Waals surface area (Å²) in [5.74, 6) is -0.770. The molecule has 0 aromatic heterocycles. The Labute approximate surface area is 143 Å². The Morgan fingerprint density at radius 3 is 2.46 bits per heavy atom. The Kier molecular flexibility index (Phi) is 7.94. The van der Waals surface area contributed by atoms with Gasteiger partial charge in [-0.2, -0.15) is 0 Å². The highest BCUT2D eigenvalue weighted by molar-refractivity contribution is 5.74. The monoisotopic (exact) mass is 340 g/mol. The third kappa shape index (κ3) is 5.98. The number of allylic oxidation sites excluding steroid dienone is 2. The van der Waals surface area contributed by atoms with Crippen LogP contribution in [0, 0.1) is 5.92 Å². The van der Waals surface area contributed by atoms with Crippen LogP contribution < -0.4 is 5.48 Å². The Morgan fingerprint density at radius 1 is 1.33 bits per heavy atom. The molecular weight excluding hydrogens is 312 g/mol. The molecular formula is C17H28N2O5. The lowest BCUT2D eigenvalue weighted by Crippen LogP contribution is -2.35. The molecule has 1 amide bonds. The summed E-state index contributed by atoms with van der Waals surface area (Å²) in [5, 5.41) is 9.15. The average Bonchev–Trinajstić information content (AvgIpc) is 2.98. The summed E-state index contributed by atoms with van der Waals surface area (Å²) >= 11 is 0. The Morgan fingerprint density at radius 2 is 2.00 bits per heavy atom. The number of carbonyl (C=O) groups is 2. The zero-order valence-corrected chi connectivity index (χ0v) is 15.0. The van der Waals surface area contributed by atoms with Gasteiger partial charge in [-0.25, -0.2) is 10.3 Å². The van der Waals surface area contributed by atoms with Gasteiger partial charge in [-0.3, -0.25) is 9.69 Å². The van der Waals surface area contributed by atoms with Gasteiger partial charge in [-0.1, -0.05) is 13.8 Å². The smallest absolute Gasteiger partial charge is 0.334 e. The lowest BCUT2D eigenvalue weighted by atomic mass is 10.2. The fraction of sp³-hybridized carbons (Fsp3) is 0.647. The molecule has 7 nitrogen and oxygen atoms in total. The first-order valence-electron chi connectivity index (χ1n) is 8.13. The lowest BCUT2D eigenvalue weighted by molar-refractivity contribution is -0.153. The first kappa shape index (κ1) is 20.2. The standard InChI is InChI=1S/C17H28N2O5/c1-11(2)15(18-24-17(22)12(3)4)8-9-19(13(5)21)16-7-6-14(10-20)23-16/h8-9,12,14,16,18,20H,6-7,10H2,1-5H3/b9-8-. The molecule has 7 heteroatoms. The van der Waals surface area contributed by atoms with Gasteiger partial charge in [0.1, 0.15) is 6.23 Å². The number of aliphatic hydroxyl groups excluding tert-OH is 1. The van der Waals surface area contributed by atoms with Crippen molar-refractivity contribution in [3.05, 3.63) is 23.5 Å². The maximum atomic E-state index is 11.9. The molecule has 1 aliphatic rings. The number of nitrogens with one attached hydrogen (secondary N) is 1. The normalized spacial score (nSPS) is 20.3. The van der Waals surface area contributed by atoms with E-state index in [0.29, 0.717) is 18.5 Å². The van der Waals surface area contributed by atoms with Crippen LogP contribution in [-0.2, 0) is 19.2 Å². The van der Waals surface area contributed by atoms with E-state index in [1.54, 1.807) is 26.1 Å². The summed E-state index contributed by atoms with van der Waals surface area (Å²) in [7, 11) is 0. The number of nitrogens with zero attached hydrogens (tertiary/aromatic N) is 1. The van der Waals surface area contributed by atoms with Gasteiger partial charge in [0.15, 0.2) is 0 Å². The molecule has 2 unspecified atom stereocenters. The minimum Gasteiger partial charge on any atom is -0.394 e. The van der Waals surface area contributed by atoms with Gasteiger partial charge in [-0.05, 0) is 38.3 Å². The van der Waals surface area contributed by atoms with Crippen molar-refractivity contribution < 1.29 is 24.3 Å². The lowest BCUT2D eigenvalue weighted by Gasteiger charge is -2.24. The fourth-order valence-electron chi connectivity index (χ4n) is 2.11. The molecule has 1 fully saturated rings. The van der Waals surface area contributed by atoms with Crippen molar-refractivity contribution in [3.8, 4) is 0 Å². The molecule has 0 bridgehead atoms. The van der Waals surface area contributed by atoms with Crippen LogP contribution in [0.25, 0.3) is 0 Å². The van der Waals surface area contributed by atoms with Gasteiger partial charge in [0.2, 0.25) is 5.91 Å². The van der Waals surface area contributed by atoms with Crippen molar-refractivity contribution in [2.45, 2.75) is 59.8 Å². The number of amides is 1. The molecule has 2 atom stereocenters. The van der Waals surface area contributed by atoms with E-state index in [2.05, 4.69) is 5.48 Å². The zero-order valence-electron chi connectivity index (χ0n) is 15.0. The Balaban J connectivity index is 2.77. The molecule has 0 aromatic rings. The van der Waals surface area contributed by atoms with Gasteiger partial charge in [-0.15, -0.1) is 0 Å². The SMILES string of the molecule is CC(=O)N(/C=C\C(NOC(=O)C(C)C)=C(C)C)C1CCC(CO)O1. The number of hydroxylamine groups is 1. The molecule has 1 heterocycles. The maximum Gasteiger partial charge on any atom is 0.334 e. The number of hydrogen-bond donors (Lipinski definition) is 2. The Bertz CT molecular complexity index is 509. The molecule has 0 saturated carbocycles. The van der Waals surface area contributed by atoms with Crippen LogP contribution >= 0.6 is 0 Å². The number of ether oxygens (including phenoxy) is 1. The molecule has 2 N–H and O–H groups in total. The highest BCUT2D eigenvalue weighted by Crippen LogP contribution is 2.23. The van der Waals surface area contributed by atoms with E-state index in [4.69, 9.17) is 14.7 Å². The third-order valence-corrected chi connectivity index (χ3v) is 3.64. The zero-order chi connectivity index (χ0) is 18.3. The van der Waals surface area contributed by atoms with E-state index in [-0.39, 0.29) is 30.5 Å². The van der Waals surface area contributed by atoms with Gasteiger partial charge < -0.3 is 14.7 Å². The average molecular weight is 340 g/mol. The maximum absolute atomic E-state index is 11.9. The van der Waals surface area contributed by atoms with E-state index in [1.807, 2.05) is 13.8 Å². The molecule has 24 heavy (non-hydrogen) atoms. The summed E-state index contributed by atoms with van der Waals surface area (Å²) in [4.78, 5) is 29.9. The van der Waals surface area contributed by atoms with Crippen molar-refractivity contribution >= 4 is 11.9 Å². The van der Waals surface area contributed by atoms with Gasteiger partial charge in [0, 0.05) is 13.1 Å². The van der Waals surface area contributed by atoms with Crippen molar-refractivity contribution in [1.82, 2.24) is 10.4 Å². The fourth-order valence-corrected chi connectivity index (χ4v) is 2.11. The van der Waals surface area contributed by atoms with E-state index >= 15 is 0 Å². The van der Waals surface area contributed by atoms with Crippen LogP contribution in [0.15, 0.2) is 23.5 Å². The van der Waals surface area contributed by atoms with Crippen molar-refractivity contribution in [2.24, 2.45) is 5.92 Å². The van der Waals surface area contributed by atoms with Crippen molar-refractivity contribution in [1.29, 1.82) is 0 Å². The van der Waals surface area contributed by atoms with Crippen LogP contribution in [0.3, 0.4) is 0 Å². The molecule has 0 radical (unpaired) electrons. The topological polar surface area (TPSA) is 88.1 Å². The molecule has 136 valence electrons. The molecule has 0 spiro atoms. The molecule has 1 saturated heterocycles. The van der Waals surface area contributed by atoms with Crippen LogP contribution in [0.5, 0.6) is 0 Å². The van der Waals surface area contributed by atoms with Crippen molar-refractivity contribution in [2.75, 3.05) is 6.61 Å². The molecule has 0 aromatic carbocycles. The first-order chi connectivity index (χ1) is 11.3. The minimum atomic E-state index is -0.396. The first-order valence-corrected chi connectivity index (χ1v) is 8.13. The van der Waals surface area contributed by atoms with Gasteiger partial charge >= 0.3 is 5.97 Å². The van der Waals surface area contributed by atoms with Crippen LogP contribution in [-0.4, -0.2) is 40.8 Å². The van der Waals surface area contributed by atoms with Crippen LogP contribution in [0.4, 0.5) is 0 Å². The van der Waals surface area contributed by atoms with E-state index in [9.17, 15) is 9.59 Å². The molecule has 1 aliphatic heterocycles. The third-order valence-electron chi connectivity index (χ3n) is 3.64. The highest BCUT2D eigenvalue weighted by atomic mass is 16.7. The van der Waals surface area contributed by atoms with E-state index in [1.165, 1.54) is 11.8 Å². The number of carbonyl (C=O) groups excluding carboxylic acids is 2. The number of aliphatic hydroxyl groups is 1. The van der Waals surface area contributed by atoms with Gasteiger partial charge in [0.05, 0.1) is 24.3 Å². The van der Waals surface area contributed by atoms with Gasteiger partial charge in [0.25, 0.3) is 0 Å². The summed E-state index contributed by atoms with van der Waals surface area (Å²) in [5.41, 5.74) is 4.11. The molecule has 0 aliphatic carbocycles. The second-order valence-corrected chi connectivity index (χ2v) is 6.31. The van der Waals surface area contributed by atoms with E-state index in [0.717, 1.165) is 5.57 Å². The number of hydrogen-bond acceptors (Lipinski definition) is 6. The van der Waals surface area contributed by atoms with Crippen molar-refractivity contribution in [3.63, 3.8) is 0 Å². The van der Waals surface area contributed by atoms with Crippen LogP contribution in [0.2, 0.25) is 0 Å². The summed E-state index contributed by atoms with van der Waals surface area (Å²) in [6.07, 6.45) is 4.00. The highest BCUT2D eigenvalue weighted by Gasteiger charge is 2.30.